The van der Waals surface area contributed by atoms with Crippen molar-refractivity contribution >= 4 is 17.5 Å². The van der Waals surface area contributed by atoms with E-state index in [0.717, 1.165) is 17.7 Å². The molecule has 2 aromatic carbocycles. The summed E-state index contributed by atoms with van der Waals surface area (Å²) in [4.78, 5) is 23.1. The Morgan fingerprint density at radius 3 is 2.29 bits per heavy atom. The lowest BCUT2D eigenvalue weighted by molar-refractivity contribution is -0.137. The van der Waals surface area contributed by atoms with Crippen LogP contribution in [0.1, 0.15) is 11.1 Å². The maximum atomic E-state index is 12.6. The molecule has 0 bridgehead atoms. The topological polar surface area (TPSA) is 72.2 Å². The predicted molar refractivity (Wildman–Crippen MR) is 81.9 cm³/mol. The van der Waals surface area contributed by atoms with Gasteiger partial charge in [0.25, 0.3) is 0 Å². The van der Waals surface area contributed by atoms with Crippen LogP contribution in [0.2, 0.25) is 0 Å². The minimum atomic E-state index is -4.38. The van der Waals surface area contributed by atoms with Gasteiger partial charge in [-0.1, -0.05) is 18.2 Å². The molecule has 2 amide bonds. The lowest BCUT2D eigenvalue weighted by atomic mass is 9.90. The number of carbonyl (C=O) groups excluding carboxylic acids is 2. The summed E-state index contributed by atoms with van der Waals surface area (Å²) in [6, 6.07) is 9.91. The molecule has 7 heteroatoms. The number of anilines is 1. The van der Waals surface area contributed by atoms with E-state index in [9.17, 15) is 22.8 Å². The molecule has 0 fully saturated rings. The van der Waals surface area contributed by atoms with Crippen molar-refractivity contribution < 1.29 is 22.8 Å². The lowest BCUT2D eigenvalue weighted by Gasteiger charge is -2.23. The number of hydrogen-bond acceptors (Lipinski definition) is 2. The van der Waals surface area contributed by atoms with Crippen LogP contribution in [0.5, 0.6) is 0 Å². The highest BCUT2D eigenvalue weighted by molar-refractivity contribution is 6.08. The summed E-state index contributed by atoms with van der Waals surface area (Å²) in [5.41, 5.74) is 7.10. The zero-order chi connectivity index (χ0) is 17.5. The summed E-state index contributed by atoms with van der Waals surface area (Å²) in [7, 11) is 0. The fraction of sp³-hybridized carbons (Fsp3) is 0.176. The number of benzene rings is 2. The fourth-order valence-electron chi connectivity index (χ4n) is 2.68. The highest BCUT2D eigenvalue weighted by Gasteiger charge is 2.31. The van der Waals surface area contributed by atoms with Crippen molar-refractivity contribution in [1.82, 2.24) is 0 Å². The molecule has 0 aromatic heterocycles. The van der Waals surface area contributed by atoms with E-state index in [-0.39, 0.29) is 6.42 Å². The van der Waals surface area contributed by atoms with Gasteiger partial charge in [0.2, 0.25) is 11.8 Å². The van der Waals surface area contributed by atoms with Gasteiger partial charge < -0.3 is 11.1 Å². The average Bonchev–Trinajstić information content (AvgIpc) is 2.53. The van der Waals surface area contributed by atoms with E-state index in [2.05, 4.69) is 5.32 Å². The van der Waals surface area contributed by atoms with E-state index in [1.165, 1.54) is 12.1 Å². The van der Waals surface area contributed by atoms with Gasteiger partial charge in [0, 0.05) is 5.69 Å². The molecular formula is C17H13F3N2O2. The van der Waals surface area contributed by atoms with Gasteiger partial charge in [0.1, 0.15) is 5.92 Å². The molecule has 0 aliphatic carbocycles. The normalized spacial score (nSPS) is 17.1. The molecule has 1 aliphatic rings. The van der Waals surface area contributed by atoms with Crippen LogP contribution < -0.4 is 11.1 Å². The molecule has 0 spiro atoms. The molecule has 4 nitrogen and oxygen atoms in total. The molecule has 24 heavy (non-hydrogen) atoms. The van der Waals surface area contributed by atoms with Gasteiger partial charge >= 0.3 is 6.18 Å². The number of carbonyl (C=O) groups is 2. The smallest absolute Gasteiger partial charge is 0.369 e. The number of rotatable bonds is 2. The molecule has 0 saturated carbocycles. The molecule has 1 atom stereocenters. The third-order valence-electron chi connectivity index (χ3n) is 3.99. The van der Waals surface area contributed by atoms with Crippen LogP contribution in [0.3, 0.4) is 0 Å². The molecule has 3 rings (SSSR count). The summed E-state index contributed by atoms with van der Waals surface area (Å²) >= 11 is 0. The summed E-state index contributed by atoms with van der Waals surface area (Å²) in [6.07, 6.45) is -4.21. The van der Waals surface area contributed by atoms with Crippen molar-refractivity contribution in [2.45, 2.75) is 12.6 Å². The van der Waals surface area contributed by atoms with Crippen molar-refractivity contribution in [3.8, 4) is 11.1 Å². The first kappa shape index (κ1) is 16.0. The van der Waals surface area contributed by atoms with E-state index in [0.29, 0.717) is 16.8 Å². The largest absolute Gasteiger partial charge is 0.416 e. The first-order valence-corrected chi connectivity index (χ1v) is 7.16. The third kappa shape index (κ3) is 2.97. The minimum absolute atomic E-state index is 0.172. The van der Waals surface area contributed by atoms with Gasteiger partial charge in [-0.15, -0.1) is 0 Å². The van der Waals surface area contributed by atoms with Crippen LogP contribution in [0, 0.1) is 5.92 Å². The second-order valence-corrected chi connectivity index (χ2v) is 5.60. The Balaban J connectivity index is 1.93. The van der Waals surface area contributed by atoms with Crippen molar-refractivity contribution in [3.63, 3.8) is 0 Å². The molecular weight excluding hydrogens is 321 g/mol. The molecule has 1 heterocycles. The van der Waals surface area contributed by atoms with Gasteiger partial charge in [-0.3, -0.25) is 9.59 Å². The van der Waals surface area contributed by atoms with Crippen molar-refractivity contribution in [2.75, 3.05) is 5.32 Å². The summed E-state index contributed by atoms with van der Waals surface area (Å²) in [5, 5.41) is 2.61. The number of hydrogen-bond donors (Lipinski definition) is 2. The zero-order valence-corrected chi connectivity index (χ0v) is 12.4. The molecule has 1 aliphatic heterocycles. The van der Waals surface area contributed by atoms with Gasteiger partial charge in [0.15, 0.2) is 0 Å². The molecule has 3 N–H and O–H groups in total. The number of halogens is 3. The van der Waals surface area contributed by atoms with Crippen molar-refractivity contribution in [3.05, 3.63) is 53.6 Å². The van der Waals surface area contributed by atoms with Gasteiger partial charge in [-0.25, -0.2) is 0 Å². The van der Waals surface area contributed by atoms with Crippen LogP contribution in [0.15, 0.2) is 42.5 Å². The van der Waals surface area contributed by atoms with Crippen LogP contribution in [-0.2, 0) is 22.2 Å². The van der Waals surface area contributed by atoms with Crippen LogP contribution in [0.25, 0.3) is 11.1 Å². The SMILES string of the molecule is NC(=O)C1Cc2cc(-c3ccc(C(F)(F)F)cc3)ccc2NC1=O. The molecule has 1 unspecified atom stereocenters. The Hall–Kier alpha value is -2.83. The lowest BCUT2D eigenvalue weighted by Crippen LogP contribution is -2.39. The van der Waals surface area contributed by atoms with Crippen molar-refractivity contribution in [1.29, 1.82) is 0 Å². The van der Waals surface area contributed by atoms with Crippen LogP contribution in [0.4, 0.5) is 18.9 Å². The fourth-order valence-corrected chi connectivity index (χ4v) is 2.68. The van der Waals surface area contributed by atoms with Gasteiger partial charge in [0.05, 0.1) is 5.56 Å². The van der Waals surface area contributed by atoms with Crippen LogP contribution >= 0.6 is 0 Å². The second kappa shape index (κ2) is 5.67. The van der Waals surface area contributed by atoms with E-state index in [1.807, 2.05) is 0 Å². The molecule has 2 aromatic rings. The first-order chi connectivity index (χ1) is 11.3. The maximum Gasteiger partial charge on any atom is 0.416 e. The highest BCUT2D eigenvalue weighted by Crippen LogP contribution is 2.33. The first-order valence-electron chi connectivity index (χ1n) is 7.16. The van der Waals surface area contributed by atoms with E-state index >= 15 is 0 Å². The third-order valence-corrected chi connectivity index (χ3v) is 3.99. The zero-order valence-electron chi connectivity index (χ0n) is 12.4. The predicted octanol–water partition coefficient (Wildman–Crippen LogP) is 2.97. The Morgan fingerprint density at radius 2 is 1.71 bits per heavy atom. The quantitative estimate of drug-likeness (QED) is 0.829. The van der Waals surface area contributed by atoms with Crippen molar-refractivity contribution in [2.24, 2.45) is 11.7 Å². The Bertz CT molecular complexity index is 814. The monoisotopic (exact) mass is 334 g/mol. The number of primary amides is 1. The summed E-state index contributed by atoms with van der Waals surface area (Å²) in [6.45, 7) is 0. The number of fused-ring (bicyclic) bond motifs is 1. The maximum absolute atomic E-state index is 12.6. The summed E-state index contributed by atoms with van der Waals surface area (Å²) in [5.74, 6) is -2.10. The molecule has 0 saturated heterocycles. The minimum Gasteiger partial charge on any atom is -0.369 e. The van der Waals surface area contributed by atoms with E-state index in [1.54, 1.807) is 18.2 Å². The molecule has 0 radical (unpaired) electrons. The number of amides is 2. The van der Waals surface area contributed by atoms with Gasteiger partial charge in [-0.2, -0.15) is 13.2 Å². The average molecular weight is 334 g/mol. The number of nitrogens with one attached hydrogen (secondary N) is 1. The summed E-state index contributed by atoms with van der Waals surface area (Å²) < 4.78 is 37.9. The van der Waals surface area contributed by atoms with Crippen LogP contribution in [-0.4, -0.2) is 11.8 Å². The Labute approximate surface area is 135 Å². The number of nitrogens with two attached hydrogens (primary N) is 1. The Kier molecular flexibility index (Phi) is 3.79. The second-order valence-electron chi connectivity index (χ2n) is 5.60. The highest BCUT2D eigenvalue weighted by atomic mass is 19.4. The van der Waals surface area contributed by atoms with E-state index < -0.39 is 29.5 Å². The standard InChI is InChI=1S/C17H13F3N2O2/c18-17(19,20)12-4-1-9(2-5-12)10-3-6-14-11(7-10)8-13(15(21)23)16(24)22-14/h1-7,13H,8H2,(H2,21,23)(H,22,24). The van der Waals surface area contributed by atoms with E-state index in [4.69, 9.17) is 5.73 Å². The molecule has 124 valence electrons. The Morgan fingerprint density at radius 1 is 1.08 bits per heavy atom. The van der Waals surface area contributed by atoms with Gasteiger partial charge in [-0.05, 0) is 47.4 Å². The number of alkyl halides is 3.